The Hall–Kier alpha value is -3.44. The van der Waals surface area contributed by atoms with E-state index in [2.05, 4.69) is 5.32 Å². The Labute approximate surface area is 160 Å². The lowest BCUT2D eigenvalue weighted by molar-refractivity contribution is 0.0692. The summed E-state index contributed by atoms with van der Waals surface area (Å²) in [4.78, 5) is 36.1. The molecule has 0 saturated heterocycles. The standard InChI is InChI=1S/C21H14ClNO4/c22-15-8-11-17(21(26)27)18(12-15)20(25)23-16-9-6-14(7-10-16)19(24)13-4-2-1-3-5-13/h1-12H,(H,23,25)(H,26,27). The SMILES string of the molecule is O=C(c1ccccc1)c1ccc(NC(=O)c2cc(Cl)ccc2C(=O)O)cc1. The van der Waals surface area contributed by atoms with Crippen LogP contribution in [0, 0.1) is 0 Å². The number of nitrogens with one attached hydrogen (secondary N) is 1. The largest absolute Gasteiger partial charge is 0.478 e. The van der Waals surface area contributed by atoms with Crippen LogP contribution in [0.15, 0.2) is 72.8 Å². The van der Waals surface area contributed by atoms with E-state index in [0.717, 1.165) is 0 Å². The van der Waals surface area contributed by atoms with E-state index >= 15 is 0 Å². The predicted molar refractivity (Wildman–Crippen MR) is 103 cm³/mol. The average molecular weight is 380 g/mol. The van der Waals surface area contributed by atoms with E-state index in [4.69, 9.17) is 11.6 Å². The van der Waals surface area contributed by atoms with Crippen molar-refractivity contribution >= 4 is 34.9 Å². The molecule has 134 valence electrons. The maximum absolute atomic E-state index is 12.4. The highest BCUT2D eigenvalue weighted by Crippen LogP contribution is 2.19. The molecule has 0 radical (unpaired) electrons. The molecule has 0 atom stereocenters. The van der Waals surface area contributed by atoms with Gasteiger partial charge in [-0.05, 0) is 42.5 Å². The number of carbonyl (C=O) groups is 3. The van der Waals surface area contributed by atoms with Gasteiger partial charge >= 0.3 is 5.97 Å². The predicted octanol–water partition coefficient (Wildman–Crippen LogP) is 4.52. The fourth-order valence-corrected chi connectivity index (χ4v) is 2.72. The summed E-state index contributed by atoms with van der Waals surface area (Å²) >= 11 is 5.87. The molecule has 0 aliphatic carbocycles. The lowest BCUT2D eigenvalue weighted by Gasteiger charge is -2.09. The summed E-state index contributed by atoms with van der Waals surface area (Å²) in [5.74, 6) is -1.95. The van der Waals surface area contributed by atoms with Crippen molar-refractivity contribution in [1.82, 2.24) is 0 Å². The number of anilines is 1. The number of carbonyl (C=O) groups excluding carboxylic acids is 2. The lowest BCUT2D eigenvalue weighted by atomic mass is 10.0. The van der Waals surface area contributed by atoms with Gasteiger partial charge in [0.2, 0.25) is 0 Å². The van der Waals surface area contributed by atoms with Crippen LogP contribution in [-0.2, 0) is 0 Å². The first-order valence-electron chi connectivity index (χ1n) is 8.00. The third-order valence-electron chi connectivity index (χ3n) is 3.90. The minimum atomic E-state index is -1.22. The topological polar surface area (TPSA) is 83.5 Å². The Balaban J connectivity index is 1.79. The van der Waals surface area contributed by atoms with Crippen molar-refractivity contribution in [3.8, 4) is 0 Å². The molecule has 27 heavy (non-hydrogen) atoms. The number of carboxylic acid groups (broad SMARTS) is 1. The number of carboxylic acids is 1. The zero-order chi connectivity index (χ0) is 19.4. The van der Waals surface area contributed by atoms with Gasteiger partial charge in [0.1, 0.15) is 0 Å². The Morgan fingerprint density at radius 3 is 2.04 bits per heavy atom. The minimum Gasteiger partial charge on any atom is -0.478 e. The summed E-state index contributed by atoms with van der Waals surface area (Å²) in [6, 6.07) is 19.2. The molecular weight excluding hydrogens is 366 g/mol. The van der Waals surface area contributed by atoms with Crippen molar-refractivity contribution in [3.05, 3.63) is 100 Å². The monoisotopic (exact) mass is 379 g/mol. The summed E-state index contributed by atoms with van der Waals surface area (Å²) in [5.41, 5.74) is 1.29. The average Bonchev–Trinajstić information content (AvgIpc) is 2.68. The highest BCUT2D eigenvalue weighted by Gasteiger charge is 2.17. The molecule has 0 heterocycles. The Morgan fingerprint density at radius 1 is 0.778 bits per heavy atom. The van der Waals surface area contributed by atoms with E-state index in [1.54, 1.807) is 48.5 Å². The van der Waals surface area contributed by atoms with Gasteiger partial charge in [0.25, 0.3) is 5.91 Å². The Morgan fingerprint density at radius 2 is 1.41 bits per heavy atom. The molecule has 5 nitrogen and oxygen atoms in total. The van der Waals surface area contributed by atoms with Crippen molar-refractivity contribution in [1.29, 1.82) is 0 Å². The summed E-state index contributed by atoms with van der Waals surface area (Å²) in [7, 11) is 0. The normalized spacial score (nSPS) is 10.3. The molecule has 0 saturated carbocycles. The number of amides is 1. The molecule has 0 unspecified atom stereocenters. The quantitative estimate of drug-likeness (QED) is 0.638. The van der Waals surface area contributed by atoms with Crippen LogP contribution < -0.4 is 5.32 Å². The van der Waals surface area contributed by atoms with Crippen LogP contribution in [0.3, 0.4) is 0 Å². The maximum atomic E-state index is 12.4. The third-order valence-corrected chi connectivity index (χ3v) is 4.13. The first kappa shape index (κ1) is 18.4. The molecular formula is C21H14ClNO4. The summed E-state index contributed by atoms with van der Waals surface area (Å²) in [5, 5.41) is 12.1. The molecule has 0 aliphatic heterocycles. The summed E-state index contributed by atoms with van der Waals surface area (Å²) < 4.78 is 0. The minimum absolute atomic E-state index is 0.0422. The molecule has 0 fully saturated rings. The molecule has 0 spiro atoms. The van der Waals surface area contributed by atoms with Crippen molar-refractivity contribution < 1.29 is 19.5 Å². The van der Waals surface area contributed by atoms with Crippen LogP contribution in [-0.4, -0.2) is 22.8 Å². The van der Waals surface area contributed by atoms with Crippen LogP contribution in [0.5, 0.6) is 0 Å². The molecule has 1 amide bonds. The number of aromatic carboxylic acids is 1. The van der Waals surface area contributed by atoms with Crippen LogP contribution in [0.1, 0.15) is 36.6 Å². The fourth-order valence-electron chi connectivity index (χ4n) is 2.55. The zero-order valence-electron chi connectivity index (χ0n) is 14.0. The van der Waals surface area contributed by atoms with E-state index < -0.39 is 11.9 Å². The number of rotatable bonds is 5. The first-order valence-corrected chi connectivity index (χ1v) is 8.37. The Bertz CT molecular complexity index is 1010. The van der Waals surface area contributed by atoms with Crippen molar-refractivity contribution in [2.75, 3.05) is 5.32 Å². The van der Waals surface area contributed by atoms with Gasteiger partial charge in [-0.25, -0.2) is 4.79 Å². The van der Waals surface area contributed by atoms with Crippen LogP contribution in [0.4, 0.5) is 5.69 Å². The zero-order valence-corrected chi connectivity index (χ0v) is 14.7. The van der Waals surface area contributed by atoms with Crippen LogP contribution in [0.25, 0.3) is 0 Å². The van der Waals surface area contributed by atoms with Crippen molar-refractivity contribution in [2.45, 2.75) is 0 Å². The summed E-state index contributed by atoms with van der Waals surface area (Å²) in [6.45, 7) is 0. The lowest BCUT2D eigenvalue weighted by Crippen LogP contribution is -2.16. The number of hydrogen-bond acceptors (Lipinski definition) is 3. The highest BCUT2D eigenvalue weighted by molar-refractivity contribution is 6.31. The van der Waals surface area contributed by atoms with E-state index in [0.29, 0.717) is 16.8 Å². The van der Waals surface area contributed by atoms with Gasteiger partial charge in [-0.1, -0.05) is 41.9 Å². The smallest absolute Gasteiger partial charge is 0.336 e. The first-order chi connectivity index (χ1) is 13.0. The third kappa shape index (κ3) is 4.22. The van der Waals surface area contributed by atoms with Crippen LogP contribution in [0.2, 0.25) is 5.02 Å². The number of ketones is 1. The van der Waals surface area contributed by atoms with Crippen molar-refractivity contribution in [3.63, 3.8) is 0 Å². The van der Waals surface area contributed by atoms with Gasteiger partial charge in [-0.15, -0.1) is 0 Å². The molecule has 0 aliphatic rings. The fraction of sp³-hybridized carbons (Fsp3) is 0. The van der Waals surface area contributed by atoms with Crippen LogP contribution >= 0.6 is 11.6 Å². The second-order valence-electron chi connectivity index (χ2n) is 5.72. The Kier molecular flexibility index (Phi) is 5.33. The second kappa shape index (κ2) is 7.85. The van der Waals surface area contributed by atoms with Gasteiger partial charge in [0.15, 0.2) is 5.78 Å². The van der Waals surface area contributed by atoms with E-state index in [1.807, 2.05) is 6.07 Å². The molecule has 3 aromatic carbocycles. The molecule has 6 heteroatoms. The molecule has 0 bridgehead atoms. The molecule has 3 aromatic rings. The van der Waals surface area contributed by atoms with Gasteiger partial charge < -0.3 is 10.4 Å². The summed E-state index contributed by atoms with van der Waals surface area (Å²) in [6.07, 6.45) is 0. The van der Waals surface area contributed by atoms with Gasteiger partial charge in [-0.2, -0.15) is 0 Å². The molecule has 3 rings (SSSR count). The second-order valence-corrected chi connectivity index (χ2v) is 6.16. The number of benzene rings is 3. The van der Waals surface area contributed by atoms with Gasteiger partial charge in [0.05, 0.1) is 11.1 Å². The van der Waals surface area contributed by atoms with E-state index in [9.17, 15) is 19.5 Å². The highest BCUT2D eigenvalue weighted by atomic mass is 35.5. The van der Waals surface area contributed by atoms with Gasteiger partial charge in [-0.3, -0.25) is 9.59 Å². The number of hydrogen-bond donors (Lipinski definition) is 2. The molecule has 0 aromatic heterocycles. The molecule has 2 N–H and O–H groups in total. The van der Waals surface area contributed by atoms with E-state index in [1.165, 1.54) is 18.2 Å². The van der Waals surface area contributed by atoms with Gasteiger partial charge in [0, 0.05) is 21.8 Å². The van der Waals surface area contributed by atoms with Crippen molar-refractivity contribution in [2.24, 2.45) is 0 Å². The number of halogens is 1. The maximum Gasteiger partial charge on any atom is 0.336 e. The van der Waals surface area contributed by atoms with E-state index in [-0.39, 0.29) is 21.9 Å².